The van der Waals surface area contributed by atoms with Crippen LogP contribution >= 0.6 is 0 Å². The fourth-order valence-corrected chi connectivity index (χ4v) is 2.36. The van der Waals surface area contributed by atoms with E-state index in [0.717, 1.165) is 0 Å². The number of nitrogens with zero attached hydrogens (tertiary/aromatic N) is 2. The van der Waals surface area contributed by atoms with E-state index in [1.54, 1.807) is 0 Å². The molecular weight excluding hydrogens is 244 g/mol. The summed E-state index contributed by atoms with van der Waals surface area (Å²) in [5.74, 6) is 0. The second-order valence-corrected chi connectivity index (χ2v) is 7.64. The summed E-state index contributed by atoms with van der Waals surface area (Å²) in [5.41, 5.74) is 5.33. The van der Waals surface area contributed by atoms with Gasteiger partial charge in [0.15, 0.2) is 0 Å². The van der Waals surface area contributed by atoms with E-state index in [0.29, 0.717) is 0 Å². The highest BCUT2D eigenvalue weighted by Crippen LogP contribution is 2.34. The molecule has 1 heterocycles. The van der Waals surface area contributed by atoms with Crippen LogP contribution in [0.15, 0.2) is 30.6 Å². The fourth-order valence-electron chi connectivity index (χ4n) is 2.36. The van der Waals surface area contributed by atoms with Crippen molar-refractivity contribution >= 4 is 0 Å². The second-order valence-electron chi connectivity index (χ2n) is 7.64. The van der Waals surface area contributed by atoms with Gasteiger partial charge in [0.25, 0.3) is 0 Å². The molecular formula is C18H26N2. The zero-order valence-corrected chi connectivity index (χ0v) is 13.8. The van der Waals surface area contributed by atoms with Crippen molar-refractivity contribution in [1.29, 1.82) is 0 Å². The summed E-state index contributed by atoms with van der Waals surface area (Å²) in [7, 11) is 0. The monoisotopic (exact) mass is 270 g/mol. The minimum Gasteiger partial charge on any atom is -0.267 e. The van der Waals surface area contributed by atoms with E-state index in [9.17, 15) is 0 Å². The van der Waals surface area contributed by atoms with Crippen LogP contribution < -0.4 is 0 Å². The number of aromatic nitrogens is 2. The first-order chi connectivity index (χ1) is 9.09. The Labute approximate surface area is 122 Å². The zero-order chi connectivity index (χ0) is 15.1. The summed E-state index contributed by atoms with van der Waals surface area (Å²) in [6, 6.07) is 6.70. The van der Waals surface area contributed by atoms with Gasteiger partial charge in [0.05, 0.1) is 11.7 Å². The molecule has 108 valence electrons. The molecule has 0 spiro atoms. The van der Waals surface area contributed by atoms with Gasteiger partial charge in [-0.15, -0.1) is 0 Å². The zero-order valence-electron chi connectivity index (χ0n) is 13.8. The molecule has 0 aliphatic rings. The van der Waals surface area contributed by atoms with Gasteiger partial charge in [-0.1, -0.05) is 44.5 Å². The molecule has 0 fully saturated rings. The van der Waals surface area contributed by atoms with E-state index in [1.807, 2.05) is 10.9 Å². The Balaban J connectivity index is 2.56. The first-order valence-corrected chi connectivity index (χ1v) is 7.26. The lowest BCUT2D eigenvalue weighted by Crippen LogP contribution is -2.21. The molecule has 0 amide bonds. The van der Waals surface area contributed by atoms with Gasteiger partial charge in [0.1, 0.15) is 0 Å². The summed E-state index contributed by atoms with van der Waals surface area (Å²) < 4.78 is 2.04. The number of benzene rings is 1. The molecule has 0 radical (unpaired) electrons. The second kappa shape index (κ2) is 4.76. The highest BCUT2D eigenvalue weighted by atomic mass is 15.3. The van der Waals surface area contributed by atoms with Crippen molar-refractivity contribution in [1.82, 2.24) is 9.78 Å². The largest absolute Gasteiger partial charge is 0.267 e. The molecule has 2 aromatic rings. The predicted molar refractivity (Wildman–Crippen MR) is 86.1 cm³/mol. The number of rotatable bonds is 1. The molecule has 0 aliphatic heterocycles. The molecule has 2 nitrogen and oxygen atoms in total. The smallest absolute Gasteiger partial charge is 0.0568 e. The normalized spacial score (nSPS) is 12.8. The summed E-state index contributed by atoms with van der Waals surface area (Å²) >= 11 is 0. The fraction of sp³-hybridized carbons (Fsp3) is 0.500. The molecule has 0 saturated carbocycles. The van der Waals surface area contributed by atoms with Gasteiger partial charge in [-0.2, -0.15) is 5.10 Å². The number of hydrogen-bond acceptors (Lipinski definition) is 1. The van der Waals surface area contributed by atoms with Gasteiger partial charge < -0.3 is 0 Å². The Morgan fingerprint density at radius 2 is 1.65 bits per heavy atom. The van der Waals surface area contributed by atoms with Gasteiger partial charge in [-0.05, 0) is 44.2 Å². The minimum atomic E-state index is 0.0187. The molecule has 2 heteroatoms. The third kappa shape index (κ3) is 2.95. The Morgan fingerprint density at radius 3 is 2.15 bits per heavy atom. The van der Waals surface area contributed by atoms with E-state index in [2.05, 4.69) is 78.0 Å². The van der Waals surface area contributed by atoms with Gasteiger partial charge in [0.2, 0.25) is 0 Å². The van der Waals surface area contributed by atoms with Gasteiger partial charge in [-0.25, -0.2) is 0 Å². The van der Waals surface area contributed by atoms with Gasteiger partial charge >= 0.3 is 0 Å². The van der Waals surface area contributed by atoms with E-state index in [-0.39, 0.29) is 11.0 Å². The Bertz CT molecular complexity index is 607. The topological polar surface area (TPSA) is 17.8 Å². The predicted octanol–water partition coefficient (Wildman–Crippen LogP) is 4.91. The molecule has 0 saturated heterocycles. The van der Waals surface area contributed by atoms with Gasteiger partial charge in [-0.3, -0.25) is 4.68 Å². The van der Waals surface area contributed by atoms with Crippen molar-refractivity contribution in [3.63, 3.8) is 0 Å². The molecule has 0 aliphatic carbocycles. The van der Waals surface area contributed by atoms with Crippen LogP contribution in [-0.2, 0) is 11.0 Å². The van der Waals surface area contributed by atoms with Crippen LogP contribution in [0.4, 0.5) is 0 Å². The van der Waals surface area contributed by atoms with Gasteiger partial charge in [0, 0.05) is 11.8 Å². The van der Waals surface area contributed by atoms with Crippen LogP contribution in [0.5, 0.6) is 0 Å². The van der Waals surface area contributed by atoms with Crippen LogP contribution in [0.3, 0.4) is 0 Å². The summed E-state index contributed by atoms with van der Waals surface area (Å²) in [6.45, 7) is 15.5. The van der Waals surface area contributed by atoms with Crippen LogP contribution in [0.1, 0.15) is 52.7 Å². The van der Waals surface area contributed by atoms with Crippen molar-refractivity contribution in [3.8, 4) is 11.1 Å². The molecule has 2 rings (SSSR count). The van der Waals surface area contributed by atoms with Crippen molar-refractivity contribution < 1.29 is 0 Å². The number of aryl methyl sites for hydroxylation is 1. The van der Waals surface area contributed by atoms with E-state index in [1.165, 1.54) is 22.3 Å². The summed E-state index contributed by atoms with van der Waals surface area (Å²) in [5, 5.41) is 4.53. The first kappa shape index (κ1) is 14.8. The molecule has 1 aromatic carbocycles. The maximum Gasteiger partial charge on any atom is 0.0568 e. The lowest BCUT2D eigenvalue weighted by Gasteiger charge is -2.23. The molecule has 1 aromatic heterocycles. The lowest BCUT2D eigenvalue weighted by atomic mass is 9.81. The highest BCUT2D eigenvalue weighted by molar-refractivity contribution is 5.68. The SMILES string of the molecule is Cc1ccc(-c2cnn(C(C)(C)C)c2)c(C(C)(C)C)c1. The molecule has 0 bridgehead atoms. The maximum absolute atomic E-state index is 4.53. The van der Waals surface area contributed by atoms with Crippen LogP contribution in [0.2, 0.25) is 0 Å². The maximum atomic E-state index is 4.53. The molecule has 20 heavy (non-hydrogen) atoms. The van der Waals surface area contributed by atoms with Crippen molar-refractivity contribution in [2.24, 2.45) is 0 Å². The quantitative estimate of drug-likeness (QED) is 0.720. The average Bonchev–Trinajstić information content (AvgIpc) is 2.76. The molecule has 0 N–H and O–H groups in total. The van der Waals surface area contributed by atoms with Crippen LogP contribution in [-0.4, -0.2) is 9.78 Å². The highest BCUT2D eigenvalue weighted by Gasteiger charge is 2.21. The van der Waals surface area contributed by atoms with Crippen molar-refractivity contribution in [2.75, 3.05) is 0 Å². The molecule has 0 atom stereocenters. The Hall–Kier alpha value is -1.57. The molecule has 0 unspecified atom stereocenters. The number of hydrogen-bond donors (Lipinski definition) is 0. The van der Waals surface area contributed by atoms with Crippen LogP contribution in [0.25, 0.3) is 11.1 Å². The third-order valence-corrected chi connectivity index (χ3v) is 3.56. The third-order valence-electron chi connectivity index (χ3n) is 3.56. The standard InChI is InChI=1S/C18H26N2/c1-13-8-9-15(16(10-13)17(2,3)4)14-11-19-20(12-14)18(5,6)7/h8-12H,1-7H3. The van der Waals surface area contributed by atoms with Crippen LogP contribution in [0, 0.1) is 6.92 Å². The lowest BCUT2D eigenvalue weighted by molar-refractivity contribution is 0.355. The van der Waals surface area contributed by atoms with E-state index < -0.39 is 0 Å². The van der Waals surface area contributed by atoms with E-state index >= 15 is 0 Å². The van der Waals surface area contributed by atoms with Crippen molar-refractivity contribution in [3.05, 3.63) is 41.7 Å². The van der Waals surface area contributed by atoms with Crippen molar-refractivity contribution in [2.45, 2.75) is 59.4 Å². The summed E-state index contributed by atoms with van der Waals surface area (Å²) in [6.07, 6.45) is 4.13. The Kier molecular flexibility index (Phi) is 3.53. The Morgan fingerprint density at radius 1 is 1.00 bits per heavy atom. The minimum absolute atomic E-state index is 0.0187. The first-order valence-electron chi connectivity index (χ1n) is 7.26. The van der Waals surface area contributed by atoms with E-state index in [4.69, 9.17) is 0 Å². The average molecular weight is 270 g/mol. The summed E-state index contributed by atoms with van der Waals surface area (Å²) in [4.78, 5) is 0.